The SMILES string of the molecule is O=C(c1cc(C(F)(F)F)ccc1F)N1CCCCC1c1ncn[nH]1. The van der Waals surface area contributed by atoms with Gasteiger partial charge in [0, 0.05) is 6.54 Å². The molecule has 1 aliphatic rings. The normalized spacial score (nSPS) is 18.7. The van der Waals surface area contributed by atoms with E-state index in [1.54, 1.807) is 0 Å². The van der Waals surface area contributed by atoms with Gasteiger partial charge in [-0.05, 0) is 37.5 Å². The molecule has 2 heterocycles. The zero-order chi connectivity index (χ0) is 17.3. The third-order valence-corrected chi connectivity index (χ3v) is 4.04. The van der Waals surface area contributed by atoms with Crippen molar-refractivity contribution in [3.05, 3.63) is 47.3 Å². The first-order chi connectivity index (χ1) is 11.4. The molecule has 128 valence electrons. The van der Waals surface area contributed by atoms with Crippen molar-refractivity contribution in [1.29, 1.82) is 0 Å². The molecule has 0 radical (unpaired) electrons. The molecule has 3 rings (SSSR count). The van der Waals surface area contributed by atoms with E-state index in [1.165, 1.54) is 11.2 Å². The molecule has 0 aliphatic carbocycles. The zero-order valence-electron chi connectivity index (χ0n) is 12.5. The molecule has 1 N–H and O–H groups in total. The van der Waals surface area contributed by atoms with Crippen LogP contribution in [0.15, 0.2) is 24.5 Å². The predicted octanol–water partition coefficient (Wildman–Crippen LogP) is 3.33. The van der Waals surface area contributed by atoms with Crippen LogP contribution < -0.4 is 0 Å². The Morgan fingerprint density at radius 3 is 2.75 bits per heavy atom. The Kier molecular flexibility index (Phi) is 4.25. The van der Waals surface area contributed by atoms with Crippen LogP contribution in [0.25, 0.3) is 0 Å². The van der Waals surface area contributed by atoms with Crippen LogP contribution in [0.3, 0.4) is 0 Å². The lowest BCUT2D eigenvalue weighted by atomic mass is 9.99. The summed E-state index contributed by atoms with van der Waals surface area (Å²) in [5.41, 5.74) is -1.64. The summed E-state index contributed by atoms with van der Waals surface area (Å²) < 4.78 is 52.5. The lowest BCUT2D eigenvalue weighted by Gasteiger charge is -2.34. The number of benzene rings is 1. The van der Waals surface area contributed by atoms with Crippen molar-refractivity contribution in [3.8, 4) is 0 Å². The van der Waals surface area contributed by atoms with Crippen molar-refractivity contribution < 1.29 is 22.4 Å². The summed E-state index contributed by atoms with van der Waals surface area (Å²) in [7, 11) is 0. The Balaban J connectivity index is 1.95. The maximum absolute atomic E-state index is 14.0. The van der Waals surface area contributed by atoms with Gasteiger partial charge in [-0.15, -0.1) is 0 Å². The second kappa shape index (κ2) is 6.21. The van der Waals surface area contributed by atoms with Crippen molar-refractivity contribution in [2.24, 2.45) is 0 Å². The van der Waals surface area contributed by atoms with E-state index in [4.69, 9.17) is 0 Å². The first-order valence-electron chi connectivity index (χ1n) is 7.41. The second-order valence-electron chi connectivity index (χ2n) is 5.57. The van der Waals surface area contributed by atoms with Crippen LogP contribution >= 0.6 is 0 Å². The summed E-state index contributed by atoms with van der Waals surface area (Å²) in [6, 6.07) is 1.39. The molecular formula is C15H14F4N4O. The topological polar surface area (TPSA) is 61.9 Å². The highest BCUT2D eigenvalue weighted by Crippen LogP contribution is 2.33. The average Bonchev–Trinajstić information content (AvgIpc) is 3.08. The lowest BCUT2D eigenvalue weighted by molar-refractivity contribution is -0.137. The molecular weight excluding hydrogens is 328 g/mol. The molecule has 5 nitrogen and oxygen atoms in total. The lowest BCUT2D eigenvalue weighted by Crippen LogP contribution is -2.39. The number of alkyl halides is 3. The minimum Gasteiger partial charge on any atom is -0.328 e. The van der Waals surface area contributed by atoms with E-state index in [0.29, 0.717) is 43.4 Å². The molecule has 9 heteroatoms. The van der Waals surface area contributed by atoms with E-state index in [0.717, 1.165) is 6.42 Å². The highest BCUT2D eigenvalue weighted by Gasteiger charge is 2.35. The van der Waals surface area contributed by atoms with Gasteiger partial charge in [-0.1, -0.05) is 0 Å². The Morgan fingerprint density at radius 2 is 2.08 bits per heavy atom. The molecule has 1 unspecified atom stereocenters. The summed E-state index contributed by atoms with van der Waals surface area (Å²) in [6.07, 6.45) is -1.24. The predicted molar refractivity (Wildman–Crippen MR) is 75.4 cm³/mol. The molecule has 1 aromatic carbocycles. The van der Waals surface area contributed by atoms with Gasteiger partial charge in [-0.3, -0.25) is 9.89 Å². The Morgan fingerprint density at radius 1 is 1.29 bits per heavy atom. The number of nitrogens with one attached hydrogen (secondary N) is 1. The number of nitrogens with zero attached hydrogens (tertiary/aromatic N) is 3. The van der Waals surface area contributed by atoms with Crippen molar-refractivity contribution in [1.82, 2.24) is 20.1 Å². The van der Waals surface area contributed by atoms with Gasteiger partial charge in [0.1, 0.15) is 18.0 Å². The number of halogens is 4. The van der Waals surface area contributed by atoms with Crippen LogP contribution in [-0.4, -0.2) is 32.5 Å². The first-order valence-corrected chi connectivity index (χ1v) is 7.41. The molecule has 1 amide bonds. The number of carbonyl (C=O) groups is 1. The second-order valence-corrected chi connectivity index (χ2v) is 5.57. The number of aromatic amines is 1. The van der Waals surface area contributed by atoms with Gasteiger partial charge < -0.3 is 4.90 Å². The summed E-state index contributed by atoms with van der Waals surface area (Å²) in [5.74, 6) is -1.31. The summed E-state index contributed by atoms with van der Waals surface area (Å²) in [5, 5.41) is 6.40. The van der Waals surface area contributed by atoms with E-state index in [1.807, 2.05) is 0 Å². The number of rotatable bonds is 2. The molecule has 0 bridgehead atoms. The van der Waals surface area contributed by atoms with Crippen LogP contribution in [0.2, 0.25) is 0 Å². The van der Waals surface area contributed by atoms with Crippen molar-refractivity contribution >= 4 is 5.91 Å². The maximum Gasteiger partial charge on any atom is 0.416 e. The highest BCUT2D eigenvalue weighted by molar-refractivity contribution is 5.95. The maximum atomic E-state index is 14.0. The number of hydrogen-bond donors (Lipinski definition) is 1. The van der Waals surface area contributed by atoms with E-state index in [2.05, 4.69) is 15.2 Å². The fourth-order valence-corrected chi connectivity index (χ4v) is 2.85. The molecule has 1 aromatic heterocycles. The summed E-state index contributed by atoms with van der Waals surface area (Å²) >= 11 is 0. The number of likely N-dealkylation sites (tertiary alicyclic amines) is 1. The van der Waals surface area contributed by atoms with Crippen LogP contribution in [0.4, 0.5) is 17.6 Å². The van der Waals surface area contributed by atoms with Gasteiger partial charge in [0.15, 0.2) is 0 Å². The molecule has 0 saturated carbocycles. The molecule has 24 heavy (non-hydrogen) atoms. The summed E-state index contributed by atoms with van der Waals surface area (Å²) in [4.78, 5) is 18.0. The van der Waals surface area contributed by atoms with Gasteiger partial charge in [-0.2, -0.15) is 18.3 Å². The number of carbonyl (C=O) groups excluding carboxylic acids is 1. The quantitative estimate of drug-likeness (QED) is 0.852. The van der Waals surface area contributed by atoms with E-state index < -0.39 is 35.1 Å². The van der Waals surface area contributed by atoms with Gasteiger partial charge in [0.05, 0.1) is 17.2 Å². The number of H-pyrrole nitrogens is 1. The number of aromatic nitrogens is 3. The fourth-order valence-electron chi connectivity index (χ4n) is 2.85. The number of hydrogen-bond acceptors (Lipinski definition) is 3. The van der Waals surface area contributed by atoms with Crippen molar-refractivity contribution in [3.63, 3.8) is 0 Å². The third-order valence-electron chi connectivity index (χ3n) is 4.04. The molecule has 2 aromatic rings. The standard InChI is InChI=1S/C15H14F4N4O/c16-11-5-4-9(15(17,18)19)7-10(11)14(24)23-6-2-1-3-12(23)13-20-8-21-22-13/h4-5,7-8,12H,1-3,6H2,(H,20,21,22). The minimum absolute atomic E-state index is 0.319. The van der Waals surface area contributed by atoms with Gasteiger partial charge in [-0.25, -0.2) is 9.37 Å². The fraction of sp³-hybridized carbons (Fsp3) is 0.400. The van der Waals surface area contributed by atoms with Crippen LogP contribution in [0.1, 0.15) is 47.1 Å². The molecule has 1 fully saturated rings. The van der Waals surface area contributed by atoms with Gasteiger partial charge in [0.25, 0.3) is 5.91 Å². The molecule has 1 atom stereocenters. The number of piperidine rings is 1. The van der Waals surface area contributed by atoms with E-state index in [-0.39, 0.29) is 0 Å². The van der Waals surface area contributed by atoms with E-state index in [9.17, 15) is 22.4 Å². The van der Waals surface area contributed by atoms with Gasteiger partial charge in [0.2, 0.25) is 0 Å². The Labute approximate surface area is 134 Å². The Hall–Kier alpha value is -2.45. The third kappa shape index (κ3) is 3.10. The van der Waals surface area contributed by atoms with Crippen molar-refractivity contribution in [2.45, 2.75) is 31.5 Å². The zero-order valence-corrected chi connectivity index (χ0v) is 12.5. The molecule has 1 saturated heterocycles. The first kappa shape index (κ1) is 16.4. The van der Waals surface area contributed by atoms with E-state index >= 15 is 0 Å². The monoisotopic (exact) mass is 342 g/mol. The number of amides is 1. The summed E-state index contributed by atoms with van der Waals surface area (Å²) in [6.45, 7) is 0.319. The minimum atomic E-state index is -4.64. The smallest absolute Gasteiger partial charge is 0.328 e. The van der Waals surface area contributed by atoms with Crippen LogP contribution in [0.5, 0.6) is 0 Å². The average molecular weight is 342 g/mol. The Bertz CT molecular complexity index is 730. The largest absolute Gasteiger partial charge is 0.416 e. The molecule has 0 spiro atoms. The van der Waals surface area contributed by atoms with Crippen LogP contribution in [0, 0.1) is 5.82 Å². The molecule has 1 aliphatic heterocycles. The highest BCUT2D eigenvalue weighted by atomic mass is 19.4. The van der Waals surface area contributed by atoms with Crippen LogP contribution in [-0.2, 0) is 6.18 Å². The van der Waals surface area contributed by atoms with Gasteiger partial charge >= 0.3 is 6.18 Å². The van der Waals surface area contributed by atoms with Crippen molar-refractivity contribution in [2.75, 3.05) is 6.54 Å².